The maximum Gasteiger partial charge on any atom is 0.331 e. The maximum absolute atomic E-state index is 11.7. The molecule has 0 aliphatic carbocycles. The Kier molecular flexibility index (Phi) is 4.73. The number of carbonyl (C=O) groups excluding carboxylic acids is 1. The van der Waals surface area contributed by atoms with Crippen molar-refractivity contribution in [3.8, 4) is 11.5 Å². The Morgan fingerprint density at radius 3 is 2.78 bits per heavy atom. The summed E-state index contributed by atoms with van der Waals surface area (Å²) in [5.74, 6) is 0.566. The molecular formula is C17H12BrNO4. The lowest BCUT2D eigenvalue weighted by Crippen LogP contribution is -2.00. The monoisotopic (exact) mass is 373 g/mol. The van der Waals surface area contributed by atoms with Crippen LogP contribution in [0.15, 0.2) is 68.3 Å². The zero-order valence-electron chi connectivity index (χ0n) is 11.9. The minimum absolute atomic E-state index is 0.0430. The molecule has 0 aliphatic heterocycles. The van der Waals surface area contributed by atoms with Crippen molar-refractivity contribution < 1.29 is 18.4 Å². The number of rotatable bonds is 5. The van der Waals surface area contributed by atoms with Crippen molar-refractivity contribution in [1.82, 2.24) is 4.98 Å². The van der Waals surface area contributed by atoms with Crippen LogP contribution in [0.1, 0.15) is 11.5 Å². The molecule has 0 atom stereocenters. The molecular weight excluding hydrogens is 362 g/mol. The third kappa shape index (κ3) is 4.20. The fraction of sp³-hybridized carbons (Fsp3) is 0.0588. The van der Waals surface area contributed by atoms with Gasteiger partial charge in [-0.15, -0.1) is 0 Å². The van der Waals surface area contributed by atoms with Crippen LogP contribution in [-0.4, -0.2) is 11.0 Å². The summed E-state index contributed by atoms with van der Waals surface area (Å²) in [5, 5.41) is 0. The SMILES string of the molecule is O=C(/C=C/c1ccc(Br)o1)OCc1coc(-c2ccccc2)n1. The Morgan fingerprint density at radius 2 is 2.04 bits per heavy atom. The summed E-state index contributed by atoms with van der Waals surface area (Å²) < 4.78 is 16.3. The largest absolute Gasteiger partial charge is 0.456 e. The second kappa shape index (κ2) is 7.11. The summed E-state index contributed by atoms with van der Waals surface area (Å²) in [4.78, 5) is 15.9. The van der Waals surface area contributed by atoms with E-state index < -0.39 is 5.97 Å². The van der Waals surface area contributed by atoms with E-state index in [0.717, 1.165) is 5.56 Å². The molecule has 0 radical (unpaired) electrons. The van der Waals surface area contributed by atoms with E-state index in [1.165, 1.54) is 18.4 Å². The molecule has 5 nitrogen and oxygen atoms in total. The highest BCUT2D eigenvalue weighted by atomic mass is 79.9. The number of esters is 1. The average molecular weight is 374 g/mol. The standard InChI is InChI=1S/C17H12BrNO4/c18-15-8-6-14(23-15)7-9-16(20)21-10-13-11-22-17(19-13)12-4-2-1-3-5-12/h1-9,11H,10H2/b9-7+. The van der Waals surface area contributed by atoms with E-state index in [2.05, 4.69) is 20.9 Å². The number of ether oxygens (including phenoxy) is 1. The van der Waals surface area contributed by atoms with Gasteiger partial charge in [-0.1, -0.05) is 18.2 Å². The first-order valence-electron chi connectivity index (χ1n) is 6.81. The molecule has 0 saturated heterocycles. The Morgan fingerprint density at radius 1 is 1.22 bits per heavy atom. The van der Waals surface area contributed by atoms with Gasteiger partial charge in [0.25, 0.3) is 0 Å². The van der Waals surface area contributed by atoms with Crippen LogP contribution >= 0.6 is 15.9 Å². The van der Waals surface area contributed by atoms with Crippen molar-refractivity contribution in [2.75, 3.05) is 0 Å². The number of benzene rings is 1. The molecule has 0 N–H and O–H groups in total. The molecule has 3 aromatic rings. The van der Waals surface area contributed by atoms with Crippen LogP contribution in [-0.2, 0) is 16.1 Å². The molecule has 6 heteroatoms. The van der Waals surface area contributed by atoms with Gasteiger partial charge in [-0.3, -0.25) is 0 Å². The van der Waals surface area contributed by atoms with Gasteiger partial charge in [0, 0.05) is 11.6 Å². The summed E-state index contributed by atoms with van der Waals surface area (Å²) in [6.07, 6.45) is 4.30. The minimum Gasteiger partial charge on any atom is -0.456 e. The van der Waals surface area contributed by atoms with Crippen molar-refractivity contribution >= 4 is 28.0 Å². The lowest BCUT2D eigenvalue weighted by atomic mass is 10.2. The number of aromatic nitrogens is 1. The first-order valence-corrected chi connectivity index (χ1v) is 7.60. The number of halogens is 1. The Balaban J connectivity index is 1.55. The first kappa shape index (κ1) is 15.3. The van der Waals surface area contributed by atoms with Gasteiger partial charge in [-0.05, 0) is 46.3 Å². The first-order chi connectivity index (χ1) is 11.2. The van der Waals surface area contributed by atoms with Gasteiger partial charge in [0.2, 0.25) is 5.89 Å². The fourth-order valence-electron chi connectivity index (χ4n) is 1.85. The highest BCUT2D eigenvalue weighted by molar-refractivity contribution is 9.10. The number of furan rings is 1. The smallest absolute Gasteiger partial charge is 0.331 e. The van der Waals surface area contributed by atoms with Crippen molar-refractivity contribution in [3.63, 3.8) is 0 Å². The van der Waals surface area contributed by atoms with E-state index in [1.54, 1.807) is 12.1 Å². The zero-order chi connectivity index (χ0) is 16.1. The van der Waals surface area contributed by atoms with E-state index in [9.17, 15) is 4.79 Å². The number of hydrogen-bond acceptors (Lipinski definition) is 5. The van der Waals surface area contributed by atoms with E-state index in [1.807, 2.05) is 30.3 Å². The molecule has 2 aromatic heterocycles. The van der Waals surface area contributed by atoms with Gasteiger partial charge in [-0.2, -0.15) is 0 Å². The molecule has 3 rings (SSSR count). The molecule has 1 aromatic carbocycles. The van der Waals surface area contributed by atoms with E-state index in [-0.39, 0.29) is 6.61 Å². The molecule has 0 aliphatic rings. The van der Waals surface area contributed by atoms with E-state index in [4.69, 9.17) is 13.6 Å². The van der Waals surface area contributed by atoms with Crippen LogP contribution in [0.2, 0.25) is 0 Å². The average Bonchev–Trinajstić information content (AvgIpc) is 3.21. The molecule has 0 saturated carbocycles. The summed E-state index contributed by atoms with van der Waals surface area (Å²) in [7, 11) is 0. The van der Waals surface area contributed by atoms with Crippen LogP contribution in [0.5, 0.6) is 0 Å². The molecule has 2 heterocycles. The van der Waals surface area contributed by atoms with Crippen LogP contribution in [0.4, 0.5) is 0 Å². The molecule has 0 amide bonds. The van der Waals surface area contributed by atoms with Gasteiger partial charge < -0.3 is 13.6 Å². The van der Waals surface area contributed by atoms with E-state index in [0.29, 0.717) is 22.0 Å². The van der Waals surface area contributed by atoms with Gasteiger partial charge in [0.05, 0.1) is 0 Å². The van der Waals surface area contributed by atoms with Crippen LogP contribution in [0.25, 0.3) is 17.5 Å². The zero-order valence-corrected chi connectivity index (χ0v) is 13.5. The topological polar surface area (TPSA) is 65.5 Å². The highest BCUT2D eigenvalue weighted by Gasteiger charge is 2.08. The normalized spacial score (nSPS) is 11.0. The fourth-order valence-corrected chi connectivity index (χ4v) is 2.17. The summed E-state index contributed by atoms with van der Waals surface area (Å²) in [6, 6.07) is 13.0. The van der Waals surface area contributed by atoms with Gasteiger partial charge in [-0.25, -0.2) is 9.78 Å². The third-order valence-corrected chi connectivity index (χ3v) is 3.34. The molecule has 116 valence electrons. The van der Waals surface area contributed by atoms with E-state index >= 15 is 0 Å². The van der Waals surface area contributed by atoms with Crippen molar-refractivity contribution in [1.29, 1.82) is 0 Å². The van der Waals surface area contributed by atoms with Gasteiger partial charge >= 0.3 is 5.97 Å². The molecule has 0 bridgehead atoms. The lowest BCUT2D eigenvalue weighted by molar-refractivity contribution is -0.139. The highest BCUT2D eigenvalue weighted by Crippen LogP contribution is 2.18. The third-order valence-electron chi connectivity index (χ3n) is 2.91. The molecule has 0 unspecified atom stereocenters. The number of nitrogens with zero attached hydrogens (tertiary/aromatic N) is 1. The van der Waals surface area contributed by atoms with Crippen molar-refractivity contribution in [3.05, 3.63) is 70.9 Å². The summed E-state index contributed by atoms with van der Waals surface area (Å²) in [6.45, 7) is 0.0430. The second-order valence-corrected chi connectivity index (χ2v) is 5.37. The maximum atomic E-state index is 11.7. The Labute approximate surface area is 140 Å². The van der Waals surface area contributed by atoms with Crippen LogP contribution < -0.4 is 0 Å². The predicted octanol–water partition coefficient (Wildman–Crippen LogP) is 4.45. The predicted molar refractivity (Wildman–Crippen MR) is 87.2 cm³/mol. The second-order valence-electron chi connectivity index (χ2n) is 4.59. The van der Waals surface area contributed by atoms with Crippen molar-refractivity contribution in [2.45, 2.75) is 6.61 Å². The minimum atomic E-state index is -0.484. The number of carbonyl (C=O) groups is 1. The van der Waals surface area contributed by atoms with Crippen LogP contribution in [0.3, 0.4) is 0 Å². The number of oxazole rings is 1. The summed E-state index contributed by atoms with van der Waals surface area (Å²) >= 11 is 3.19. The Hall–Kier alpha value is -2.60. The molecule has 0 spiro atoms. The number of hydrogen-bond donors (Lipinski definition) is 0. The Bertz CT molecular complexity index is 820. The summed E-state index contributed by atoms with van der Waals surface area (Å²) in [5.41, 5.74) is 1.42. The van der Waals surface area contributed by atoms with Gasteiger partial charge in [0.1, 0.15) is 24.3 Å². The lowest BCUT2D eigenvalue weighted by Gasteiger charge is -1.97. The molecule has 23 heavy (non-hydrogen) atoms. The quantitative estimate of drug-likeness (QED) is 0.488. The van der Waals surface area contributed by atoms with Crippen LogP contribution in [0, 0.1) is 0 Å². The van der Waals surface area contributed by atoms with Gasteiger partial charge in [0.15, 0.2) is 4.67 Å². The van der Waals surface area contributed by atoms with Crippen molar-refractivity contribution in [2.24, 2.45) is 0 Å². The molecule has 0 fully saturated rings.